The molecule has 1 fully saturated rings. The van der Waals surface area contributed by atoms with Crippen LogP contribution in [0.15, 0.2) is 48.2 Å². The summed E-state index contributed by atoms with van der Waals surface area (Å²) in [6.07, 6.45) is 5.69. The number of nitrogens with zero attached hydrogens (tertiary/aromatic N) is 2. The van der Waals surface area contributed by atoms with Crippen LogP contribution in [0, 0.1) is 10.1 Å². The lowest BCUT2D eigenvalue weighted by Crippen LogP contribution is -2.41. The molecule has 1 aliphatic carbocycles. The van der Waals surface area contributed by atoms with E-state index >= 15 is 0 Å². The third-order valence-electron chi connectivity index (χ3n) is 6.31. The Labute approximate surface area is 190 Å². The predicted molar refractivity (Wildman–Crippen MR) is 120 cm³/mol. The Morgan fingerprint density at radius 1 is 0.909 bits per heavy atom. The zero-order valence-electron chi connectivity index (χ0n) is 17.9. The number of non-ortho nitro benzene ring substituents is 1. The Balaban J connectivity index is 1.54. The fourth-order valence-electron chi connectivity index (χ4n) is 4.65. The Hall–Kier alpha value is -3.88. The molecule has 0 radical (unpaired) electrons. The Bertz CT molecular complexity index is 1150. The highest BCUT2D eigenvalue weighted by Crippen LogP contribution is 2.38. The number of hydrogen-bond acceptors (Lipinski definition) is 7. The molecule has 33 heavy (non-hydrogen) atoms. The summed E-state index contributed by atoms with van der Waals surface area (Å²) in [4.78, 5) is 39.1. The van der Waals surface area contributed by atoms with Crippen LogP contribution in [-0.4, -0.2) is 34.5 Å². The van der Waals surface area contributed by atoms with Gasteiger partial charge in [-0.05, 0) is 42.7 Å². The van der Waals surface area contributed by atoms with Gasteiger partial charge in [0.25, 0.3) is 17.5 Å². The maximum Gasteiger partial charge on any atom is 0.278 e. The van der Waals surface area contributed by atoms with Gasteiger partial charge in [0, 0.05) is 29.9 Å². The topological polar surface area (TPSA) is 111 Å². The number of fused-ring (bicyclic) bond motifs is 1. The van der Waals surface area contributed by atoms with Crippen molar-refractivity contribution in [2.75, 3.05) is 12.1 Å². The summed E-state index contributed by atoms with van der Waals surface area (Å²) in [7, 11) is 0. The summed E-state index contributed by atoms with van der Waals surface area (Å²) in [6, 6.07) is 10.7. The molecule has 2 aromatic carbocycles. The molecule has 0 saturated heterocycles. The number of rotatable bonds is 5. The summed E-state index contributed by atoms with van der Waals surface area (Å²) < 4.78 is 10.8. The van der Waals surface area contributed by atoms with E-state index in [4.69, 9.17) is 9.47 Å². The number of nitro groups is 1. The number of ether oxygens (including phenoxy) is 2. The highest BCUT2D eigenvalue weighted by molar-refractivity contribution is 6.36. The summed E-state index contributed by atoms with van der Waals surface area (Å²) in [6.45, 7) is 0.127. The highest BCUT2D eigenvalue weighted by Gasteiger charge is 2.43. The van der Waals surface area contributed by atoms with E-state index in [1.165, 1.54) is 29.2 Å². The first kappa shape index (κ1) is 21.0. The molecule has 5 rings (SSSR count). The number of carbonyl (C=O) groups excluding carboxylic acids is 2. The van der Waals surface area contributed by atoms with Gasteiger partial charge in [-0.3, -0.25) is 24.6 Å². The van der Waals surface area contributed by atoms with Crippen molar-refractivity contribution in [3.8, 4) is 11.5 Å². The van der Waals surface area contributed by atoms with Crippen LogP contribution in [0.4, 0.5) is 11.4 Å². The van der Waals surface area contributed by atoms with E-state index in [2.05, 4.69) is 5.32 Å². The largest absolute Gasteiger partial charge is 0.454 e. The summed E-state index contributed by atoms with van der Waals surface area (Å²) in [5.41, 5.74) is 1.34. The molecule has 170 valence electrons. The number of hydrogen-bond donors (Lipinski definition) is 1. The fourth-order valence-corrected chi connectivity index (χ4v) is 4.65. The number of anilines is 1. The van der Waals surface area contributed by atoms with Crippen LogP contribution in [0.5, 0.6) is 11.5 Å². The van der Waals surface area contributed by atoms with Gasteiger partial charge in [0.1, 0.15) is 5.70 Å². The number of carbonyl (C=O) groups is 2. The number of nitro benzene ring substituents is 1. The molecular formula is C24H23N3O6. The molecular weight excluding hydrogens is 426 g/mol. The first-order valence-electron chi connectivity index (χ1n) is 11.1. The summed E-state index contributed by atoms with van der Waals surface area (Å²) in [5, 5.41) is 14.2. The Kier molecular flexibility index (Phi) is 5.45. The van der Waals surface area contributed by atoms with Crippen LogP contribution in [0.2, 0.25) is 0 Å². The van der Waals surface area contributed by atoms with Gasteiger partial charge in [-0.25, -0.2) is 0 Å². The van der Waals surface area contributed by atoms with Gasteiger partial charge >= 0.3 is 0 Å². The van der Waals surface area contributed by atoms with Gasteiger partial charge in [0.05, 0.1) is 10.5 Å². The number of amides is 2. The molecule has 2 aliphatic heterocycles. The average Bonchev–Trinajstić information content (AvgIpc) is 3.25. The first-order valence-corrected chi connectivity index (χ1v) is 11.1. The third-order valence-corrected chi connectivity index (χ3v) is 6.31. The minimum absolute atomic E-state index is 0.0815. The monoisotopic (exact) mass is 449 g/mol. The van der Waals surface area contributed by atoms with Gasteiger partial charge in [0.15, 0.2) is 11.5 Å². The van der Waals surface area contributed by atoms with E-state index in [0.29, 0.717) is 22.7 Å². The average molecular weight is 449 g/mol. The van der Waals surface area contributed by atoms with Crippen molar-refractivity contribution in [3.63, 3.8) is 0 Å². The normalized spacial score (nSPS) is 18.6. The second-order valence-electron chi connectivity index (χ2n) is 8.37. The molecule has 0 bridgehead atoms. The lowest BCUT2D eigenvalue weighted by Gasteiger charge is -2.25. The van der Waals surface area contributed by atoms with Gasteiger partial charge in [-0.15, -0.1) is 0 Å². The van der Waals surface area contributed by atoms with Crippen LogP contribution in [-0.2, 0) is 9.59 Å². The van der Waals surface area contributed by atoms with E-state index < -0.39 is 4.92 Å². The minimum atomic E-state index is -0.497. The van der Waals surface area contributed by atoms with Gasteiger partial charge < -0.3 is 14.8 Å². The second-order valence-corrected chi connectivity index (χ2v) is 8.37. The highest BCUT2D eigenvalue weighted by atomic mass is 16.7. The molecule has 2 amide bonds. The van der Waals surface area contributed by atoms with Gasteiger partial charge in [0.2, 0.25) is 6.79 Å². The van der Waals surface area contributed by atoms with Crippen molar-refractivity contribution in [3.05, 3.63) is 63.8 Å². The molecule has 0 aromatic heterocycles. The Morgan fingerprint density at radius 3 is 2.30 bits per heavy atom. The molecule has 3 aliphatic rings. The number of nitrogens with one attached hydrogen (secondary N) is 1. The molecule has 1 saturated carbocycles. The standard InChI is InChI=1S/C24H23N3O6/c28-23-21(15-7-10-18(11-8-15)27(30)31)22(24(29)26(23)17-5-3-1-2-4-6-17)25-16-9-12-19-20(13-16)33-14-32-19/h7-13,17,25H,1-6,14H2. The van der Waals surface area contributed by atoms with E-state index in [9.17, 15) is 19.7 Å². The van der Waals surface area contributed by atoms with E-state index in [1.807, 2.05) is 0 Å². The molecule has 0 atom stereocenters. The minimum Gasteiger partial charge on any atom is -0.454 e. The van der Waals surface area contributed by atoms with Crippen molar-refractivity contribution in [1.82, 2.24) is 4.90 Å². The maximum absolute atomic E-state index is 13.6. The molecule has 2 aromatic rings. The van der Waals surface area contributed by atoms with Crippen LogP contribution >= 0.6 is 0 Å². The molecule has 2 heterocycles. The van der Waals surface area contributed by atoms with Crippen molar-refractivity contribution in [2.45, 2.75) is 44.6 Å². The quantitative estimate of drug-likeness (QED) is 0.315. The van der Waals surface area contributed by atoms with Crippen molar-refractivity contribution >= 4 is 28.8 Å². The smallest absolute Gasteiger partial charge is 0.278 e. The lowest BCUT2D eigenvalue weighted by atomic mass is 10.0. The molecule has 1 N–H and O–H groups in total. The van der Waals surface area contributed by atoms with Gasteiger partial charge in [-0.2, -0.15) is 0 Å². The summed E-state index contributed by atoms with van der Waals surface area (Å²) in [5.74, 6) is 0.413. The lowest BCUT2D eigenvalue weighted by molar-refractivity contribution is -0.384. The van der Waals surface area contributed by atoms with E-state index in [-0.39, 0.29) is 41.6 Å². The third kappa shape index (κ3) is 3.90. The number of imide groups is 1. The van der Waals surface area contributed by atoms with Crippen LogP contribution < -0.4 is 14.8 Å². The van der Waals surface area contributed by atoms with E-state index in [1.54, 1.807) is 18.2 Å². The van der Waals surface area contributed by atoms with E-state index in [0.717, 1.165) is 38.5 Å². The van der Waals surface area contributed by atoms with Crippen molar-refractivity contribution < 1.29 is 24.0 Å². The summed E-state index contributed by atoms with van der Waals surface area (Å²) >= 11 is 0. The number of benzene rings is 2. The zero-order valence-corrected chi connectivity index (χ0v) is 17.9. The van der Waals surface area contributed by atoms with Gasteiger partial charge in [-0.1, -0.05) is 25.7 Å². The molecule has 0 spiro atoms. The van der Waals surface area contributed by atoms with Crippen LogP contribution in [0.3, 0.4) is 0 Å². The zero-order chi connectivity index (χ0) is 22.9. The van der Waals surface area contributed by atoms with Crippen molar-refractivity contribution in [2.24, 2.45) is 0 Å². The maximum atomic E-state index is 13.6. The van der Waals surface area contributed by atoms with Crippen LogP contribution in [0.1, 0.15) is 44.1 Å². The first-order chi connectivity index (χ1) is 16.0. The SMILES string of the molecule is O=C1C(Nc2ccc3c(c2)OCO3)=C(c2ccc([N+](=O)[O-])cc2)C(=O)N1C1CCCCCC1. The fraction of sp³-hybridized carbons (Fsp3) is 0.333. The second kappa shape index (κ2) is 8.57. The van der Waals surface area contributed by atoms with Crippen LogP contribution in [0.25, 0.3) is 5.57 Å². The Morgan fingerprint density at radius 2 is 1.61 bits per heavy atom. The van der Waals surface area contributed by atoms with Crippen molar-refractivity contribution in [1.29, 1.82) is 0 Å². The predicted octanol–water partition coefficient (Wildman–Crippen LogP) is 4.24. The molecule has 9 heteroatoms. The molecule has 9 nitrogen and oxygen atoms in total. The molecule has 0 unspecified atom stereocenters.